The number of aliphatic hydroxyl groups is 1. The SMILES string of the molecule is O=c1[nH]c(CN2CCCn3nc(CO)cc3C2)nc2ccsc12. The number of aliphatic hydroxyl groups excluding tert-OH is 1. The second-order valence-electron chi connectivity index (χ2n) is 5.72. The largest absolute Gasteiger partial charge is 0.390 e. The van der Waals surface area contributed by atoms with Crippen LogP contribution in [0.15, 0.2) is 22.3 Å². The number of aromatic amines is 1. The van der Waals surface area contributed by atoms with Crippen LogP contribution in [0.1, 0.15) is 23.6 Å². The Labute approximate surface area is 136 Å². The second kappa shape index (κ2) is 5.88. The molecule has 1 aliphatic heterocycles. The zero-order valence-electron chi connectivity index (χ0n) is 12.5. The van der Waals surface area contributed by atoms with Crippen molar-refractivity contribution in [2.24, 2.45) is 0 Å². The minimum atomic E-state index is -0.0672. The normalized spacial score (nSPS) is 15.7. The molecule has 0 saturated carbocycles. The molecule has 120 valence electrons. The van der Waals surface area contributed by atoms with Gasteiger partial charge < -0.3 is 10.1 Å². The molecule has 0 unspecified atom stereocenters. The first-order valence-electron chi connectivity index (χ1n) is 7.58. The van der Waals surface area contributed by atoms with Crippen molar-refractivity contribution in [3.63, 3.8) is 0 Å². The van der Waals surface area contributed by atoms with Crippen molar-refractivity contribution in [2.45, 2.75) is 32.7 Å². The van der Waals surface area contributed by atoms with Crippen LogP contribution in [0.2, 0.25) is 0 Å². The van der Waals surface area contributed by atoms with E-state index >= 15 is 0 Å². The van der Waals surface area contributed by atoms with E-state index in [0.29, 0.717) is 22.8 Å². The highest BCUT2D eigenvalue weighted by Gasteiger charge is 2.18. The van der Waals surface area contributed by atoms with Crippen LogP contribution in [-0.4, -0.2) is 36.3 Å². The summed E-state index contributed by atoms with van der Waals surface area (Å²) >= 11 is 1.41. The molecule has 4 rings (SSSR count). The van der Waals surface area contributed by atoms with Crippen molar-refractivity contribution in [3.8, 4) is 0 Å². The van der Waals surface area contributed by atoms with E-state index in [-0.39, 0.29) is 12.2 Å². The Kier molecular flexibility index (Phi) is 3.72. The van der Waals surface area contributed by atoms with Crippen LogP contribution in [-0.2, 0) is 26.2 Å². The topological polar surface area (TPSA) is 87.0 Å². The van der Waals surface area contributed by atoms with Crippen molar-refractivity contribution in [3.05, 3.63) is 45.1 Å². The number of aromatic nitrogens is 4. The summed E-state index contributed by atoms with van der Waals surface area (Å²) in [4.78, 5) is 21.7. The maximum absolute atomic E-state index is 12.1. The van der Waals surface area contributed by atoms with Crippen LogP contribution < -0.4 is 5.56 Å². The quantitative estimate of drug-likeness (QED) is 0.750. The van der Waals surface area contributed by atoms with Crippen LogP contribution in [0.4, 0.5) is 0 Å². The maximum Gasteiger partial charge on any atom is 0.268 e. The number of aryl methyl sites for hydroxylation is 1. The fourth-order valence-electron chi connectivity index (χ4n) is 3.01. The van der Waals surface area contributed by atoms with E-state index in [1.807, 2.05) is 22.2 Å². The molecule has 3 aromatic heterocycles. The van der Waals surface area contributed by atoms with Gasteiger partial charge in [-0.25, -0.2) is 4.98 Å². The molecule has 0 bridgehead atoms. The fraction of sp³-hybridized carbons (Fsp3) is 0.400. The number of thiophene rings is 1. The summed E-state index contributed by atoms with van der Waals surface area (Å²) in [5, 5.41) is 15.5. The zero-order chi connectivity index (χ0) is 15.8. The lowest BCUT2D eigenvalue weighted by Gasteiger charge is -2.18. The average molecular weight is 331 g/mol. The number of nitrogens with zero attached hydrogens (tertiary/aromatic N) is 4. The Morgan fingerprint density at radius 2 is 2.30 bits per heavy atom. The summed E-state index contributed by atoms with van der Waals surface area (Å²) in [6.45, 7) is 3.06. The van der Waals surface area contributed by atoms with Gasteiger partial charge in [-0.3, -0.25) is 14.4 Å². The number of hydrogen-bond acceptors (Lipinski definition) is 6. The monoisotopic (exact) mass is 331 g/mol. The molecule has 7 nitrogen and oxygen atoms in total. The molecule has 23 heavy (non-hydrogen) atoms. The molecule has 0 saturated heterocycles. The highest BCUT2D eigenvalue weighted by Crippen LogP contribution is 2.17. The molecule has 8 heteroatoms. The second-order valence-corrected chi connectivity index (χ2v) is 6.64. The molecule has 0 atom stereocenters. The van der Waals surface area contributed by atoms with E-state index < -0.39 is 0 Å². The molecule has 0 aromatic carbocycles. The third kappa shape index (κ3) is 2.80. The van der Waals surface area contributed by atoms with Crippen LogP contribution in [0.3, 0.4) is 0 Å². The molecule has 0 amide bonds. The predicted molar refractivity (Wildman–Crippen MR) is 87.1 cm³/mol. The minimum absolute atomic E-state index is 0.0380. The summed E-state index contributed by atoms with van der Waals surface area (Å²) < 4.78 is 2.64. The summed E-state index contributed by atoms with van der Waals surface area (Å²) in [5.41, 5.74) is 2.48. The van der Waals surface area contributed by atoms with Gasteiger partial charge in [0.05, 0.1) is 30.1 Å². The molecule has 0 spiro atoms. The lowest BCUT2D eigenvalue weighted by Crippen LogP contribution is -2.25. The van der Waals surface area contributed by atoms with E-state index in [2.05, 4.69) is 20.0 Å². The van der Waals surface area contributed by atoms with Gasteiger partial charge >= 0.3 is 0 Å². The Morgan fingerprint density at radius 3 is 3.17 bits per heavy atom. The van der Waals surface area contributed by atoms with Gasteiger partial charge in [0.15, 0.2) is 0 Å². The third-order valence-electron chi connectivity index (χ3n) is 4.04. The van der Waals surface area contributed by atoms with Gasteiger partial charge in [0.25, 0.3) is 5.56 Å². The summed E-state index contributed by atoms with van der Waals surface area (Å²) in [6, 6.07) is 3.82. The fourth-order valence-corrected chi connectivity index (χ4v) is 3.73. The Hall–Kier alpha value is -2.03. The third-order valence-corrected chi connectivity index (χ3v) is 4.95. The van der Waals surface area contributed by atoms with Crippen LogP contribution >= 0.6 is 11.3 Å². The van der Waals surface area contributed by atoms with Crippen LogP contribution in [0.25, 0.3) is 10.2 Å². The molecule has 0 aliphatic carbocycles. The van der Waals surface area contributed by atoms with E-state index in [9.17, 15) is 9.90 Å². The number of rotatable bonds is 3. The van der Waals surface area contributed by atoms with Crippen molar-refractivity contribution in [2.75, 3.05) is 6.54 Å². The van der Waals surface area contributed by atoms with E-state index in [1.54, 1.807) is 0 Å². The van der Waals surface area contributed by atoms with Crippen LogP contribution in [0, 0.1) is 0 Å². The van der Waals surface area contributed by atoms with Gasteiger partial charge in [-0.2, -0.15) is 5.10 Å². The van der Waals surface area contributed by atoms with E-state index in [0.717, 1.165) is 37.3 Å². The van der Waals surface area contributed by atoms with Gasteiger partial charge in [0.2, 0.25) is 0 Å². The molecule has 0 fully saturated rings. The van der Waals surface area contributed by atoms with Gasteiger partial charge in [-0.05, 0) is 23.9 Å². The molecular formula is C15H17N5O2S. The Balaban J connectivity index is 1.58. The standard InChI is InChI=1S/C15H17N5O2S/c21-9-10-6-11-7-19(3-1-4-20(11)18-10)8-13-16-12-2-5-23-14(12)15(22)17-13/h2,5-6,21H,1,3-4,7-9H2,(H,16,17,22). The number of fused-ring (bicyclic) bond motifs is 2. The van der Waals surface area contributed by atoms with Crippen molar-refractivity contribution in [1.82, 2.24) is 24.6 Å². The molecule has 1 aliphatic rings. The highest BCUT2D eigenvalue weighted by molar-refractivity contribution is 7.17. The number of hydrogen-bond donors (Lipinski definition) is 2. The average Bonchev–Trinajstić information content (AvgIpc) is 3.11. The first kappa shape index (κ1) is 14.6. The lowest BCUT2D eigenvalue weighted by molar-refractivity contribution is 0.254. The zero-order valence-corrected chi connectivity index (χ0v) is 13.3. The van der Waals surface area contributed by atoms with E-state index in [1.165, 1.54) is 11.3 Å². The highest BCUT2D eigenvalue weighted by atomic mass is 32.1. The first-order valence-corrected chi connectivity index (χ1v) is 8.46. The summed E-state index contributed by atoms with van der Waals surface area (Å²) in [7, 11) is 0. The summed E-state index contributed by atoms with van der Waals surface area (Å²) in [6.07, 6.45) is 0.977. The van der Waals surface area contributed by atoms with Crippen molar-refractivity contribution in [1.29, 1.82) is 0 Å². The summed E-state index contributed by atoms with van der Waals surface area (Å²) in [5.74, 6) is 0.691. The van der Waals surface area contributed by atoms with Gasteiger partial charge in [0, 0.05) is 19.6 Å². The number of H-pyrrole nitrogens is 1. The maximum atomic E-state index is 12.1. The minimum Gasteiger partial charge on any atom is -0.390 e. The van der Waals surface area contributed by atoms with Gasteiger partial charge in [-0.15, -0.1) is 11.3 Å². The van der Waals surface area contributed by atoms with Crippen molar-refractivity contribution < 1.29 is 5.11 Å². The number of nitrogens with one attached hydrogen (secondary N) is 1. The predicted octanol–water partition coefficient (Wildman–Crippen LogP) is 1.08. The molecule has 0 radical (unpaired) electrons. The first-order chi connectivity index (χ1) is 11.2. The smallest absolute Gasteiger partial charge is 0.268 e. The molecule has 3 aromatic rings. The van der Waals surface area contributed by atoms with Gasteiger partial charge in [-0.1, -0.05) is 0 Å². The lowest BCUT2D eigenvalue weighted by atomic mass is 10.3. The molecular weight excluding hydrogens is 314 g/mol. The Morgan fingerprint density at radius 1 is 1.39 bits per heavy atom. The van der Waals surface area contributed by atoms with Gasteiger partial charge in [0.1, 0.15) is 10.5 Å². The van der Waals surface area contributed by atoms with Crippen molar-refractivity contribution >= 4 is 21.6 Å². The molecule has 2 N–H and O–H groups in total. The Bertz CT molecular complexity index is 897. The molecule has 4 heterocycles. The van der Waals surface area contributed by atoms with E-state index in [4.69, 9.17) is 0 Å². The van der Waals surface area contributed by atoms with Crippen LogP contribution in [0.5, 0.6) is 0 Å².